The Morgan fingerprint density at radius 2 is 1.67 bits per heavy atom. The predicted molar refractivity (Wildman–Crippen MR) is 100 cm³/mol. The van der Waals surface area contributed by atoms with Crippen LogP contribution in [0.2, 0.25) is 0 Å². The van der Waals surface area contributed by atoms with Gasteiger partial charge >= 0.3 is 0 Å². The van der Waals surface area contributed by atoms with Crippen molar-refractivity contribution in [1.29, 1.82) is 0 Å². The van der Waals surface area contributed by atoms with Gasteiger partial charge in [-0.25, -0.2) is 13.2 Å². The Balaban J connectivity index is 0.00000261. The van der Waals surface area contributed by atoms with Crippen molar-refractivity contribution >= 4 is 0 Å². The van der Waals surface area contributed by atoms with E-state index in [2.05, 4.69) is 6.92 Å². The molecule has 0 amide bonds. The van der Waals surface area contributed by atoms with E-state index < -0.39 is 17.5 Å². The molecule has 27 heavy (non-hydrogen) atoms. The zero-order valence-corrected chi connectivity index (χ0v) is 15.7. The Hall–Kier alpha value is -2.04. The van der Waals surface area contributed by atoms with E-state index in [1.54, 1.807) is 12.1 Å². The van der Waals surface area contributed by atoms with E-state index in [4.69, 9.17) is 4.74 Å². The summed E-state index contributed by atoms with van der Waals surface area (Å²) in [7, 11) is 1.36. The van der Waals surface area contributed by atoms with Gasteiger partial charge < -0.3 is 4.74 Å². The van der Waals surface area contributed by atoms with Gasteiger partial charge in [-0.1, -0.05) is 38.0 Å². The van der Waals surface area contributed by atoms with E-state index in [1.807, 2.05) is 0 Å². The first-order valence-corrected chi connectivity index (χ1v) is 9.37. The molecule has 0 spiro atoms. The first-order valence-electron chi connectivity index (χ1n) is 9.37. The van der Waals surface area contributed by atoms with Crippen molar-refractivity contribution in [3.63, 3.8) is 0 Å². The molecule has 1 fully saturated rings. The third-order valence-electron chi connectivity index (χ3n) is 5.56. The number of hydrogen-bond acceptors (Lipinski definition) is 1. The third kappa shape index (κ3) is 4.45. The molecule has 5 heteroatoms. The lowest BCUT2D eigenvalue weighted by atomic mass is 9.77. The highest BCUT2D eigenvalue weighted by molar-refractivity contribution is 5.66. The first-order chi connectivity index (χ1) is 12.5. The molecule has 2 aromatic rings. The largest absolute Gasteiger partial charge is 0.494 e. The molecule has 1 aliphatic carbocycles. The van der Waals surface area contributed by atoms with E-state index >= 15 is 0 Å². The van der Waals surface area contributed by atoms with Crippen LogP contribution in [0, 0.1) is 23.4 Å². The Morgan fingerprint density at radius 3 is 2.26 bits per heavy atom. The van der Waals surface area contributed by atoms with Crippen molar-refractivity contribution in [2.75, 3.05) is 7.11 Å². The number of hydrogen-bond donors (Lipinski definition) is 0. The third-order valence-corrected chi connectivity index (χ3v) is 5.56. The van der Waals surface area contributed by atoms with Crippen LogP contribution in [-0.2, 0) is 0 Å². The second-order valence-electron chi connectivity index (χ2n) is 7.19. The maximum absolute atomic E-state index is 14.7. The molecule has 3 rings (SSSR count). The van der Waals surface area contributed by atoms with Gasteiger partial charge in [0.1, 0.15) is 0 Å². The molecule has 0 saturated heterocycles. The number of ether oxygens (including phenoxy) is 1. The zero-order valence-electron chi connectivity index (χ0n) is 15.7. The summed E-state index contributed by atoms with van der Waals surface area (Å²) >= 11 is 0. The van der Waals surface area contributed by atoms with Crippen LogP contribution in [0.25, 0.3) is 11.1 Å². The van der Waals surface area contributed by atoms with Crippen molar-refractivity contribution in [1.82, 2.24) is 0 Å². The van der Waals surface area contributed by atoms with Crippen LogP contribution < -0.4 is 4.74 Å². The van der Waals surface area contributed by atoms with Crippen LogP contribution in [0.4, 0.5) is 17.9 Å². The number of benzene rings is 2. The molecule has 0 bridgehead atoms. The molecule has 1 nitrogen and oxygen atoms in total. The van der Waals surface area contributed by atoms with Gasteiger partial charge in [0.2, 0.25) is 0 Å². The SMILES string of the molecule is CCCC1CCC(c2ccc(-c3ccc(OC)c(F)c3)c(F)c2F)CC1.F. The van der Waals surface area contributed by atoms with Gasteiger partial charge in [-0.05, 0) is 60.8 Å². The van der Waals surface area contributed by atoms with E-state index in [-0.39, 0.29) is 21.9 Å². The normalized spacial score (nSPS) is 19.4. The van der Waals surface area contributed by atoms with Gasteiger partial charge in [0.05, 0.1) is 7.11 Å². The minimum absolute atomic E-state index is 0. The van der Waals surface area contributed by atoms with Gasteiger partial charge in [-0.3, -0.25) is 4.70 Å². The second-order valence-corrected chi connectivity index (χ2v) is 7.19. The van der Waals surface area contributed by atoms with Crippen molar-refractivity contribution in [2.24, 2.45) is 5.92 Å². The molecule has 0 aliphatic heterocycles. The summed E-state index contributed by atoms with van der Waals surface area (Å²) in [5.41, 5.74) is 0.834. The Morgan fingerprint density at radius 1 is 0.963 bits per heavy atom. The van der Waals surface area contributed by atoms with Crippen LogP contribution in [-0.4, -0.2) is 7.11 Å². The van der Waals surface area contributed by atoms with Crippen molar-refractivity contribution in [3.8, 4) is 16.9 Å². The zero-order chi connectivity index (χ0) is 18.7. The molecular formula is C22H26F4O. The molecule has 1 aliphatic rings. The minimum atomic E-state index is -0.900. The number of halogens is 4. The van der Waals surface area contributed by atoms with Crippen LogP contribution in [0.15, 0.2) is 30.3 Å². The topological polar surface area (TPSA) is 9.23 Å². The fourth-order valence-corrected chi connectivity index (χ4v) is 4.11. The summed E-state index contributed by atoms with van der Waals surface area (Å²) in [5.74, 6) is -1.43. The smallest absolute Gasteiger partial charge is 0.166 e. The Labute approximate surface area is 157 Å². The molecule has 1 saturated carbocycles. The van der Waals surface area contributed by atoms with E-state index in [0.29, 0.717) is 17.0 Å². The molecule has 2 aromatic carbocycles. The van der Waals surface area contributed by atoms with Crippen LogP contribution in [0.1, 0.15) is 56.9 Å². The van der Waals surface area contributed by atoms with Gasteiger partial charge in [0, 0.05) is 5.56 Å². The molecule has 0 atom stereocenters. The molecule has 0 radical (unpaired) electrons. The molecule has 0 unspecified atom stereocenters. The van der Waals surface area contributed by atoms with Crippen LogP contribution in [0.5, 0.6) is 5.75 Å². The van der Waals surface area contributed by atoms with Crippen molar-refractivity contribution in [2.45, 2.75) is 51.4 Å². The molecule has 0 heterocycles. The molecule has 148 valence electrons. The lowest BCUT2D eigenvalue weighted by molar-refractivity contribution is 0.303. The van der Waals surface area contributed by atoms with Gasteiger partial charge in [-0.2, -0.15) is 0 Å². The second kappa shape index (κ2) is 9.25. The van der Waals surface area contributed by atoms with Gasteiger partial charge in [-0.15, -0.1) is 0 Å². The highest BCUT2D eigenvalue weighted by Gasteiger charge is 2.26. The fourth-order valence-electron chi connectivity index (χ4n) is 4.11. The molecule has 0 aromatic heterocycles. The van der Waals surface area contributed by atoms with Crippen LogP contribution >= 0.6 is 0 Å². The summed E-state index contributed by atoms with van der Waals surface area (Å²) in [6, 6.07) is 7.36. The standard InChI is InChI=1S/C22H25F3O.FH/c1-3-4-14-5-7-15(8-6-14)17-10-11-18(22(25)21(17)24)16-9-12-20(26-2)19(23)13-16;/h9-15H,3-8H2,1-2H3;1H. The Bertz CT molecular complexity index is 767. The quantitative estimate of drug-likeness (QED) is 0.506. The highest BCUT2D eigenvalue weighted by atomic mass is 19.2. The van der Waals surface area contributed by atoms with Crippen molar-refractivity contribution in [3.05, 3.63) is 53.3 Å². The fraction of sp³-hybridized carbons (Fsp3) is 0.455. The Kier molecular flexibility index (Phi) is 7.28. The summed E-state index contributed by atoms with van der Waals surface area (Å²) in [6.45, 7) is 2.18. The average molecular weight is 382 g/mol. The first kappa shape index (κ1) is 21.3. The monoisotopic (exact) mass is 382 g/mol. The molecular weight excluding hydrogens is 356 g/mol. The summed E-state index contributed by atoms with van der Waals surface area (Å²) in [4.78, 5) is 0. The number of rotatable bonds is 5. The van der Waals surface area contributed by atoms with Crippen molar-refractivity contribution < 1.29 is 22.6 Å². The molecule has 0 N–H and O–H groups in total. The van der Waals surface area contributed by atoms with E-state index in [1.165, 1.54) is 38.2 Å². The lowest BCUT2D eigenvalue weighted by Crippen LogP contribution is -2.15. The average Bonchev–Trinajstić information content (AvgIpc) is 2.65. The predicted octanol–water partition coefficient (Wildman–Crippen LogP) is 7.01. The maximum atomic E-state index is 14.7. The summed E-state index contributed by atoms with van der Waals surface area (Å²) < 4.78 is 48.2. The van der Waals surface area contributed by atoms with E-state index in [9.17, 15) is 13.2 Å². The van der Waals surface area contributed by atoms with Gasteiger partial charge in [0.25, 0.3) is 0 Å². The van der Waals surface area contributed by atoms with E-state index in [0.717, 1.165) is 25.7 Å². The van der Waals surface area contributed by atoms with Gasteiger partial charge in [0.15, 0.2) is 23.2 Å². The number of methoxy groups -OCH3 is 1. The minimum Gasteiger partial charge on any atom is -0.494 e. The maximum Gasteiger partial charge on any atom is 0.166 e. The summed E-state index contributed by atoms with van der Waals surface area (Å²) in [5, 5.41) is 0. The van der Waals surface area contributed by atoms with Crippen LogP contribution in [0.3, 0.4) is 0 Å². The summed E-state index contributed by atoms with van der Waals surface area (Å²) in [6.07, 6.45) is 6.34. The highest BCUT2D eigenvalue weighted by Crippen LogP contribution is 2.40. The lowest BCUT2D eigenvalue weighted by Gasteiger charge is -2.29.